The lowest BCUT2D eigenvalue weighted by Gasteiger charge is -2.25. The summed E-state index contributed by atoms with van der Waals surface area (Å²) in [6, 6.07) is 0. The zero-order chi connectivity index (χ0) is 50.6. The minimum absolute atomic E-state index is 0.185. The molecule has 0 amide bonds. The summed E-state index contributed by atoms with van der Waals surface area (Å²) in [5.41, 5.74) is 0. The molecule has 0 aliphatic rings. The summed E-state index contributed by atoms with van der Waals surface area (Å²) in [6.45, 7) is 4.75. The number of quaternary nitrogens is 1. The Kier molecular flexibility index (Phi) is 49.1. The number of carbonyl (C=O) groups is 3. The molecular weight excluding hydrogens is 863 g/mol. The van der Waals surface area contributed by atoms with Crippen LogP contribution in [0.5, 0.6) is 0 Å². The fourth-order valence-corrected chi connectivity index (χ4v) is 7.88. The van der Waals surface area contributed by atoms with Crippen molar-refractivity contribution in [2.24, 2.45) is 0 Å². The van der Waals surface area contributed by atoms with Gasteiger partial charge in [0.1, 0.15) is 13.2 Å². The van der Waals surface area contributed by atoms with Gasteiger partial charge in [0.05, 0.1) is 34.4 Å². The van der Waals surface area contributed by atoms with Crippen LogP contribution in [-0.4, -0.2) is 87.4 Å². The molecule has 0 radical (unpaired) electrons. The smallest absolute Gasteiger partial charge is 0.361 e. The molecule has 0 rings (SSSR count). The third-order valence-corrected chi connectivity index (χ3v) is 12.3. The molecule has 9 heteroatoms. The first-order chi connectivity index (χ1) is 33.6. The van der Waals surface area contributed by atoms with Gasteiger partial charge >= 0.3 is 17.9 Å². The maximum atomic E-state index is 12.9. The molecule has 0 saturated heterocycles. The molecule has 0 aliphatic carbocycles. The maximum Gasteiger partial charge on any atom is 0.361 e. The lowest BCUT2D eigenvalue weighted by atomic mass is 10.0. The third-order valence-electron chi connectivity index (χ3n) is 12.3. The van der Waals surface area contributed by atoms with E-state index in [0.717, 1.165) is 83.5 Å². The van der Waals surface area contributed by atoms with Crippen LogP contribution in [0.15, 0.2) is 60.8 Å². The molecule has 9 nitrogen and oxygen atoms in total. The summed E-state index contributed by atoms with van der Waals surface area (Å²) in [6.07, 6.45) is 61.6. The van der Waals surface area contributed by atoms with Crippen LogP contribution in [0.1, 0.15) is 245 Å². The Morgan fingerprint density at radius 2 is 0.826 bits per heavy atom. The van der Waals surface area contributed by atoms with Gasteiger partial charge in [-0.2, -0.15) is 0 Å². The van der Waals surface area contributed by atoms with Crippen molar-refractivity contribution in [3.63, 3.8) is 0 Å². The van der Waals surface area contributed by atoms with Gasteiger partial charge in [-0.15, -0.1) is 0 Å². The standard InChI is InChI=1S/C60H107NO8/c1-6-8-10-12-14-16-18-20-21-22-23-24-25-26-27-28-29-30-31-32-33-34-35-36-37-39-41-43-45-47-49-51-58(63)69-56(55-68-60(59(64)65)66-53-52-61(3,4)5)54-67-57(62)50-48-46-44-42-40-38-19-17-15-13-11-9-7-2/h8,10,14,16-17,19-21,23-24,56,60H,6-7,9,11-13,15,18,22,25-55H2,1-5H3/p+1/b10-8-,16-14-,19-17-,21-20-,24-23-. The van der Waals surface area contributed by atoms with Crippen molar-refractivity contribution >= 4 is 17.9 Å². The minimum Gasteiger partial charge on any atom is -0.477 e. The molecule has 0 aromatic carbocycles. The molecule has 69 heavy (non-hydrogen) atoms. The Morgan fingerprint density at radius 3 is 1.25 bits per heavy atom. The Hall–Kier alpha value is -3.01. The van der Waals surface area contributed by atoms with Crippen molar-refractivity contribution in [1.29, 1.82) is 0 Å². The van der Waals surface area contributed by atoms with Gasteiger partial charge in [-0.05, 0) is 77.0 Å². The highest BCUT2D eigenvalue weighted by Crippen LogP contribution is 2.16. The van der Waals surface area contributed by atoms with Crippen LogP contribution in [0.4, 0.5) is 0 Å². The normalized spacial score (nSPS) is 13.2. The molecule has 2 unspecified atom stereocenters. The Balaban J connectivity index is 4.12. The Labute approximate surface area is 425 Å². The van der Waals surface area contributed by atoms with E-state index in [-0.39, 0.29) is 32.2 Å². The molecule has 0 heterocycles. The SMILES string of the molecule is CC/C=C\C/C=C\C/C=C\C/C=C\CCCCCCCCCCCCCCCCCCCCC(=O)OC(COC(=O)CCCCCCC/C=C\CCCCCC)COC(OCC[N+](C)(C)C)C(=O)O. The minimum atomic E-state index is -1.51. The second-order valence-corrected chi connectivity index (χ2v) is 20.2. The van der Waals surface area contributed by atoms with Crippen molar-refractivity contribution in [2.45, 2.75) is 257 Å². The van der Waals surface area contributed by atoms with E-state index in [0.29, 0.717) is 17.4 Å². The topological polar surface area (TPSA) is 108 Å². The number of hydrogen-bond acceptors (Lipinski definition) is 7. The monoisotopic (exact) mass is 971 g/mol. The number of rotatable bonds is 52. The van der Waals surface area contributed by atoms with E-state index < -0.39 is 24.3 Å². The number of unbranched alkanes of at least 4 members (excludes halogenated alkanes) is 27. The highest BCUT2D eigenvalue weighted by molar-refractivity contribution is 5.71. The quantitative estimate of drug-likeness (QED) is 0.0211. The van der Waals surface area contributed by atoms with Gasteiger partial charge in [-0.3, -0.25) is 9.59 Å². The summed E-state index contributed by atoms with van der Waals surface area (Å²) in [5.74, 6) is -2.01. The molecule has 2 atom stereocenters. The van der Waals surface area contributed by atoms with Crippen LogP contribution < -0.4 is 0 Å². The number of allylic oxidation sites excluding steroid dienone is 10. The summed E-state index contributed by atoms with van der Waals surface area (Å²) in [5, 5.41) is 9.68. The number of likely N-dealkylation sites (N-methyl/N-ethyl adjacent to an activating group) is 1. The predicted molar refractivity (Wildman–Crippen MR) is 290 cm³/mol. The average molecular weight is 972 g/mol. The molecule has 0 fully saturated rings. The fourth-order valence-electron chi connectivity index (χ4n) is 7.88. The largest absolute Gasteiger partial charge is 0.477 e. The number of carboxylic acids is 1. The summed E-state index contributed by atoms with van der Waals surface area (Å²) in [7, 11) is 5.96. The number of aliphatic carboxylic acids is 1. The van der Waals surface area contributed by atoms with Crippen molar-refractivity contribution in [2.75, 3.05) is 47.5 Å². The second-order valence-electron chi connectivity index (χ2n) is 20.2. The van der Waals surface area contributed by atoms with E-state index in [4.69, 9.17) is 18.9 Å². The lowest BCUT2D eigenvalue weighted by molar-refractivity contribution is -0.870. The lowest BCUT2D eigenvalue weighted by Crippen LogP contribution is -2.40. The van der Waals surface area contributed by atoms with Crippen LogP contribution >= 0.6 is 0 Å². The van der Waals surface area contributed by atoms with Crippen molar-refractivity contribution < 1.29 is 42.9 Å². The van der Waals surface area contributed by atoms with Crippen molar-refractivity contribution in [1.82, 2.24) is 0 Å². The highest BCUT2D eigenvalue weighted by atomic mass is 16.7. The Morgan fingerprint density at radius 1 is 0.449 bits per heavy atom. The van der Waals surface area contributed by atoms with Crippen LogP contribution in [0, 0.1) is 0 Å². The average Bonchev–Trinajstić information content (AvgIpc) is 3.31. The first-order valence-electron chi connectivity index (χ1n) is 28.5. The van der Waals surface area contributed by atoms with E-state index in [1.807, 2.05) is 21.1 Å². The molecule has 0 bridgehead atoms. The zero-order valence-corrected chi connectivity index (χ0v) is 45.5. The Bertz CT molecular complexity index is 1310. The summed E-state index contributed by atoms with van der Waals surface area (Å²) >= 11 is 0. The number of carboxylic acid groups (broad SMARTS) is 1. The van der Waals surface area contributed by atoms with Crippen LogP contribution in [-0.2, 0) is 33.3 Å². The summed E-state index contributed by atoms with van der Waals surface area (Å²) < 4.78 is 22.8. The van der Waals surface area contributed by atoms with E-state index in [1.165, 1.54) is 135 Å². The molecule has 0 aromatic heterocycles. The molecule has 1 N–H and O–H groups in total. The van der Waals surface area contributed by atoms with Crippen molar-refractivity contribution in [3.8, 4) is 0 Å². The number of carbonyl (C=O) groups excluding carboxylic acids is 2. The van der Waals surface area contributed by atoms with Gasteiger partial charge in [-0.1, -0.05) is 216 Å². The number of nitrogens with zero attached hydrogens (tertiary/aromatic N) is 1. The van der Waals surface area contributed by atoms with E-state index in [1.54, 1.807) is 0 Å². The second kappa shape index (κ2) is 51.3. The third kappa shape index (κ3) is 52.6. The molecule has 0 saturated carbocycles. The van der Waals surface area contributed by atoms with Crippen LogP contribution in [0.25, 0.3) is 0 Å². The highest BCUT2D eigenvalue weighted by Gasteiger charge is 2.25. The van der Waals surface area contributed by atoms with E-state index >= 15 is 0 Å². The van der Waals surface area contributed by atoms with Gasteiger partial charge in [0.25, 0.3) is 6.29 Å². The van der Waals surface area contributed by atoms with E-state index in [9.17, 15) is 19.5 Å². The van der Waals surface area contributed by atoms with Gasteiger partial charge in [0.15, 0.2) is 6.10 Å². The van der Waals surface area contributed by atoms with Crippen molar-refractivity contribution in [3.05, 3.63) is 60.8 Å². The summed E-state index contributed by atoms with van der Waals surface area (Å²) in [4.78, 5) is 37.3. The number of hydrogen-bond donors (Lipinski definition) is 1. The van der Waals surface area contributed by atoms with Gasteiger partial charge in [0, 0.05) is 12.8 Å². The van der Waals surface area contributed by atoms with Crippen LogP contribution in [0.3, 0.4) is 0 Å². The predicted octanol–water partition coefficient (Wildman–Crippen LogP) is 16.5. The maximum absolute atomic E-state index is 12.9. The van der Waals surface area contributed by atoms with Gasteiger partial charge in [-0.25, -0.2) is 4.79 Å². The molecule has 0 aromatic rings. The number of ether oxygens (including phenoxy) is 4. The van der Waals surface area contributed by atoms with Crippen LogP contribution in [0.2, 0.25) is 0 Å². The molecular formula is C60H108NO8+. The number of esters is 2. The molecule has 0 aliphatic heterocycles. The van der Waals surface area contributed by atoms with Gasteiger partial charge in [0.2, 0.25) is 0 Å². The molecule has 0 spiro atoms. The first kappa shape index (κ1) is 66.0. The van der Waals surface area contributed by atoms with E-state index in [2.05, 4.69) is 74.6 Å². The fraction of sp³-hybridized carbons (Fsp3) is 0.783. The zero-order valence-electron chi connectivity index (χ0n) is 45.5. The molecule has 400 valence electrons. The first-order valence-corrected chi connectivity index (χ1v) is 28.5. The van der Waals surface area contributed by atoms with Gasteiger partial charge < -0.3 is 28.5 Å².